The molecule has 0 unspecified atom stereocenters. The first-order valence-corrected chi connectivity index (χ1v) is 17.4. The number of nitriles is 1. The summed E-state index contributed by atoms with van der Waals surface area (Å²) in [6.45, 7) is 0. The standard InChI is InChI=1S/C48H30N4/c49-31-37-29-48(52-44-18-10-8-16-39(44)41-22-20-36(28-47(41)52)33-13-5-2-6-14-33)42(34-23-25-50-26-24-34)30-45(37)51-43-17-9-7-15-38(43)40-21-19-35(27-46(40)51)32-11-3-1-4-12-32/h1-30H. The summed E-state index contributed by atoms with van der Waals surface area (Å²) in [5.41, 5.74) is 13.2. The summed E-state index contributed by atoms with van der Waals surface area (Å²) in [6.07, 6.45) is 3.67. The zero-order valence-electron chi connectivity index (χ0n) is 28.1. The van der Waals surface area contributed by atoms with Crippen LogP contribution < -0.4 is 0 Å². The summed E-state index contributed by atoms with van der Waals surface area (Å²) in [7, 11) is 0. The van der Waals surface area contributed by atoms with Crippen LogP contribution in [-0.2, 0) is 0 Å². The van der Waals surface area contributed by atoms with E-state index in [9.17, 15) is 5.26 Å². The third kappa shape index (κ3) is 4.65. The summed E-state index contributed by atoms with van der Waals surface area (Å²) < 4.78 is 4.60. The average molecular weight is 663 g/mol. The molecule has 0 aliphatic carbocycles. The fraction of sp³-hybridized carbons (Fsp3) is 0. The van der Waals surface area contributed by atoms with Gasteiger partial charge < -0.3 is 9.13 Å². The molecule has 7 aromatic carbocycles. The van der Waals surface area contributed by atoms with Gasteiger partial charge in [0.2, 0.25) is 0 Å². The number of pyridine rings is 1. The van der Waals surface area contributed by atoms with Crippen molar-refractivity contribution in [3.8, 4) is 50.8 Å². The second kappa shape index (κ2) is 12.0. The third-order valence-corrected chi connectivity index (χ3v) is 10.3. The molecule has 4 nitrogen and oxygen atoms in total. The molecule has 0 fully saturated rings. The average Bonchev–Trinajstić information content (AvgIpc) is 3.73. The predicted molar refractivity (Wildman–Crippen MR) is 214 cm³/mol. The topological polar surface area (TPSA) is 46.5 Å². The van der Waals surface area contributed by atoms with E-state index in [1.54, 1.807) is 0 Å². The van der Waals surface area contributed by atoms with Crippen molar-refractivity contribution in [1.29, 1.82) is 5.26 Å². The summed E-state index contributed by atoms with van der Waals surface area (Å²) >= 11 is 0. The number of rotatable bonds is 5. The van der Waals surface area contributed by atoms with Gasteiger partial charge in [-0.25, -0.2) is 0 Å². The minimum Gasteiger partial charge on any atom is -0.309 e. The largest absolute Gasteiger partial charge is 0.309 e. The lowest BCUT2D eigenvalue weighted by Crippen LogP contribution is -2.04. The molecule has 0 saturated carbocycles. The number of aromatic nitrogens is 3. The van der Waals surface area contributed by atoms with Crippen LogP contribution in [0, 0.1) is 11.3 Å². The van der Waals surface area contributed by atoms with Crippen LogP contribution in [0.1, 0.15) is 5.56 Å². The number of para-hydroxylation sites is 2. The van der Waals surface area contributed by atoms with Crippen molar-refractivity contribution in [3.63, 3.8) is 0 Å². The van der Waals surface area contributed by atoms with Crippen molar-refractivity contribution in [2.45, 2.75) is 0 Å². The van der Waals surface area contributed by atoms with Crippen molar-refractivity contribution in [2.75, 3.05) is 0 Å². The first-order chi connectivity index (χ1) is 25.8. The number of hydrogen-bond donors (Lipinski definition) is 0. The van der Waals surface area contributed by atoms with Crippen LogP contribution in [0.3, 0.4) is 0 Å². The van der Waals surface area contributed by atoms with Crippen LogP contribution in [0.5, 0.6) is 0 Å². The van der Waals surface area contributed by atoms with Gasteiger partial charge in [-0.05, 0) is 76.3 Å². The highest BCUT2D eigenvalue weighted by Crippen LogP contribution is 2.42. The first-order valence-electron chi connectivity index (χ1n) is 17.4. The molecule has 0 bridgehead atoms. The van der Waals surface area contributed by atoms with Gasteiger partial charge in [0.05, 0.1) is 39.0 Å². The van der Waals surface area contributed by atoms with E-state index in [1.807, 2.05) is 24.5 Å². The third-order valence-electron chi connectivity index (χ3n) is 10.3. The fourth-order valence-corrected chi connectivity index (χ4v) is 7.88. The highest BCUT2D eigenvalue weighted by molar-refractivity contribution is 6.12. The van der Waals surface area contributed by atoms with Crippen molar-refractivity contribution in [2.24, 2.45) is 0 Å². The molecule has 4 heteroatoms. The Morgan fingerprint density at radius 2 is 0.865 bits per heavy atom. The Kier molecular flexibility index (Phi) is 6.84. The molecule has 3 heterocycles. The second-order valence-corrected chi connectivity index (χ2v) is 13.1. The molecule has 0 N–H and O–H groups in total. The summed E-state index contributed by atoms with van der Waals surface area (Å²) in [6, 6.07) is 62.3. The van der Waals surface area contributed by atoms with Gasteiger partial charge in [-0.3, -0.25) is 4.98 Å². The minimum absolute atomic E-state index is 0.589. The summed E-state index contributed by atoms with van der Waals surface area (Å²) in [5.74, 6) is 0. The van der Waals surface area contributed by atoms with E-state index in [0.29, 0.717) is 5.56 Å². The Hall–Kier alpha value is -7.22. The quantitative estimate of drug-likeness (QED) is 0.184. The highest BCUT2D eigenvalue weighted by Gasteiger charge is 2.22. The molecule has 0 saturated heterocycles. The number of fused-ring (bicyclic) bond motifs is 6. The van der Waals surface area contributed by atoms with Gasteiger partial charge in [0.15, 0.2) is 0 Å². The van der Waals surface area contributed by atoms with Crippen LogP contribution in [0.2, 0.25) is 0 Å². The molecule has 52 heavy (non-hydrogen) atoms. The van der Waals surface area contributed by atoms with Gasteiger partial charge in [-0.15, -0.1) is 0 Å². The number of hydrogen-bond acceptors (Lipinski definition) is 2. The lowest BCUT2D eigenvalue weighted by atomic mass is 9.99. The van der Waals surface area contributed by atoms with E-state index in [2.05, 4.69) is 178 Å². The smallest absolute Gasteiger partial charge is 0.101 e. The molecule has 0 atom stereocenters. The zero-order valence-corrected chi connectivity index (χ0v) is 28.1. The van der Waals surface area contributed by atoms with E-state index in [4.69, 9.17) is 0 Å². The summed E-state index contributed by atoms with van der Waals surface area (Å²) in [4.78, 5) is 4.37. The van der Waals surface area contributed by atoms with Crippen LogP contribution in [0.15, 0.2) is 182 Å². The lowest BCUT2D eigenvalue weighted by Gasteiger charge is -2.19. The lowest BCUT2D eigenvalue weighted by molar-refractivity contribution is 1.13. The van der Waals surface area contributed by atoms with Crippen LogP contribution in [0.4, 0.5) is 0 Å². The van der Waals surface area contributed by atoms with Gasteiger partial charge >= 0.3 is 0 Å². The second-order valence-electron chi connectivity index (χ2n) is 13.1. The normalized spacial score (nSPS) is 11.4. The molecule has 0 spiro atoms. The molecule has 242 valence electrons. The molecule has 0 amide bonds. The Morgan fingerprint density at radius 3 is 1.40 bits per heavy atom. The maximum atomic E-state index is 11.0. The molecule has 0 aliphatic heterocycles. The number of nitrogens with zero attached hydrogens (tertiary/aromatic N) is 4. The Balaban J connectivity index is 1.31. The van der Waals surface area contributed by atoms with Gasteiger partial charge in [0, 0.05) is 39.5 Å². The maximum absolute atomic E-state index is 11.0. The molecule has 10 aromatic rings. The minimum atomic E-state index is 0.589. The molecule has 0 radical (unpaired) electrons. The van der Waals surface area contributed by atoms with Crippen molar-refractivity contribution >= 4 is 43.6 Å². The SMILES string of the molecule is N#Cc1cc(-n2c3ccccc3c3ccc(-c4ccccc4)cc32)c(-c2ccncc2)cc1-n1c2ccccc2c2ccc(-c3ccccc3)cc21. The van der Waals surface area contributed by atoms with E-state index in [0.717, 1.165) is 88.4 Å². The van der Waals surface area contributed by atoms with Crippen LogP contribution in [0.25, 0.3) is 88.4 Å². The van der Waals surface area contributed by atoms with E-state index < -0.39 is 0 Å². The van der Waals surface area contributed by atoms with E-state index in [-0.39, 0.29) is 0 Å². The molecule has 10 rings (SSSR count). The number of benzene rings is 7. The first kappa shape index (κ1) is 29.7. The van der Waals surface area contributed by atoms with Gasteiger partial charge in [-0.1, -0.05) is 121 Å². The van der Waals surface area contributed by atoms with Gasteiger partial charge in [-0.2, -0.15) is 5.26 Å². The summed E-state index contributed by atoms with van der Waals surface area (Å²) in [5, 5.41) is 15.6. The van der Waals surface area contributed by atoms with Crippen LogP contribution in [-0.4, -0.2) is 14.1 Å². The van der Waals surface area contributed by atoms with Crippen LogP contribution >= 0.6 is 0 Å². The predicted octanol–water partition coefficient (Wildman–Crippen LogP) is 12.1. The van der Waals surface area contributed by atoms with Gasteiger partial charge in [0.25, 0.3) is 0 Å². The Morgan fingerprint density at radius 1 is 0.385 bits per heavy atom. The van der Waals surface area contributed by atoms with Crippen molar-refractivity contribution < 1.29 is 0 Å². The van der Waals surface area contributed by atoms with E-state index in [1.165, 1.54) is 0 Å². The van der Waals surface area contributed by atoms with Crippen molar-refractivity contribution in [3.05, 3.63) is 188 Å². The molecular formula is C48H30N4. The monoisotopic (exact) mass is 662 g/mol. The molecule has 0 aliphatic rings. The maximum Gasteiger partial charge on any atom is 0.101 e. The fourth-order valence-electron chi connectivity index (χ4n) is 7.88. The van der Waals surface area contributed by atoms with Crippen molar-refractivity contribution in [1.82, 2.24) is 14.1 Å². The Bertz CT molecular complexity index is 3000. The van der Waals surface area contributed by atoms with Gasteiger partial charge in [0.1, 0.15) is 6.07 Å². The Labute approximate surface area is 300 Å². The molecular weight excluding hydrogens is 633 g/mol. The van der Waals surface area contributed by atoms with E-state index >= 15 is 0 Å². The highest BCUT2D eigenvalue weighted by atomic mass is 15.0. The molecule has 3 aromatic heterocycles. The zero-order chi connectivity index (χ0) is 34.6.